The van der Waals surface area contributed by atoms with E-state index >= 15 is 0 Å². The second-order valence-corrected chi connectivity index (χ2v) is 13.8. The molecular formula is C32H41N3O4S. The van der Waals surface area contributed by atoms with Crippen LogP contribution in [0.2, 0.25) is 0 Å². The van der Waals surface area contributed by atoms with Crippen molar-refractivity contribution in [2.45, 2.75) is 81.4 Å². The SMILES string of the molecule is Cc1cccc(C)c1NC(=O)C1N(CCCCCCO)C(=O)[C@@H]2[C@@H](C(=O)NCc3ccccc3)[C@@]3(C)CCC12S3. The Bertz CT molecular complexity index is 1250. The molecule has 40 heavy (non-hydrogen) atoms. The summed E-state index contributed by atoms with van der Waals surface area (Å²) in [4.78, 5) is 44.0. The highest BCUT2D eigenvalue weighted by molar-refractivity contribution is 8.02. The van der Waals surface area contributed by atoms with Gasteiger partial charge in [-0.05, 0) is 63.1 Å². The van der Waals surface area contributed by atoms with Crippen molar-refractivity contribution in [3.63, 3.8) is 0 Å². The predicted octanol–water partition coefficient (Wildman–Crippen LogP) is 4.59. The van der Waals surface area contributed by atoms with E-state index in [9.17, 15) is 14.4 Å². The lowest BCUT2D eigenvalue weighted by molar-refractivity contribution is -0.140. The molecule has 2 aromatic carbocycles. The molecule has 3 fully saturated rings. The molecule has 3 aliphatic heterocycles. The maximum Gasteiger partial charge on any atom is 0.248 e. The molecule has 3 heterocycles. The number of nitrogens with one attached hydrogen (secondary N) is 2. The van der Waals surface area contributed by atoms with E-state index in [0.717, 1.165) is 60.9 Å². The van der Waals surface area contributed by atoms with Gasteiger partial charge in [-0.1, -0.05) is 61.4 Å². The number of amides is 3. The fourth-order valence-electron chi connectivity index (χ4n) is 7.21. The van der Waals surface area contributed by atoms with Crippen LogP contribution in [0.3, 0.4) is 0 Å². The van der Waals surface area contributed by atoms with E-state index in [0.29, 0.717) is 13.1 Å². The summed E-state index contributed by atoms with van der Waals surface area (Å²) in [6, 6.07) is 15.1. The number of benzene rings is 2. The first-order chi connectivity index (χ1) is 19.2. The Morgan fingerprint density at radius 2 is 1.68 bits per heavy atom. The van der Waals surface area contributed by atoms with Gasteiger partial charge in [0.05, 0.1) is 16.6 Å². The fourth-order valence-corrected chi connectivity index (χ4v) is 9.57. The number of para-hydroxylation sites is 1. The highest BCUT2D eigenvalue weighted by atomic mass is 32.2. The van der Waals surface area contributed by atoms with Crippen molar-refractivity contribution >= 4 is 35.2 Å². The first-order valence-electron chi connectivity index (χ1n) is 14.5. The van der Waals surface area contributed by atoms with Crippen LogP contribution in [0.15, 0.2) is 48.5 Å². The summed E-state index contributed by atoms with van der Waals surface area (Å²) in [5.74, 6) is -1.35. The van der Waals surface area contributed by atoms with Gasteiger partial charge in [0, 0.05) is 30.1 Å². The normalized spacial score (nSPS) is 28.6. The number of unbranched alkanes of at least 4 members (excludes halogenated alkanes) is 3. The van der Waals surface area contributed by atoms with Gasteiger partial charge in [0.1, 0.15) is 6.04 Å². The molecule has 5 atom stereocenters. The maximum atomic E-state index is 14.2. The second-order valence-electron chi connectivity index (χ2n) is 11.9. The molecule has 0 aliphatic carbocycles. The van der Waals surface area contributed by atoms with Gasteiger partial charge in [0.15, 0.2) is 0 Å². The van der Waals surface area contributed by atoms with E-state index in [2.05, 4.69) is 17.6 Å². The summed E-state index contributed by atoms with van der Waals surface area (Å²) in [7, 11) is 0. The average molecular weight is 564 g/mol. The van der Waals surface area contributed by atoms with Gasteiger partial charge >= 0.3 is 0 Å². The highest BCUT2D eigenvalue weighted by Gasteiger charge is 2.77. The lowest BCUT2D eigenvalue weighted by Gasteiger charge is -2.35. The largest absolute Gasteiger partial charge is 0.396 e. The lowest BCUT2D eigenvalue weighted by atomic mass is 9.66. The Hall–Kier alpha value is -2.84. The van der Waals surface area contributed by atoms with Gasteiger partial charge in [-0.15, -0.1) is 11.8 Å². The molecule has 0 saturated carbocycles. The first kappa shape index (κ1) is 28.7. The molecule has 214 valence electrons. The van der Waals surface area contributed by atoms with Crippen LogP contribution >= 0.6 is 11.8 Å². The van der Waals surface area contributed by atoms with Crippen molar-refractivity contribution in [2.75, 3.05) is 18.5 Å². The van der Waals surface area contributed by atoms with Crippen LogP contribution in [0.5, 0.6) is 0 Å². The van der Waals surface area contributed by atoms with E-state index in [-0.39, 0.29) is 24.3 Å². The molecule has 3 aliphatic rings. The highest BCUT2D eigenvalue weighted by Crippen LogP contribution is 2.71. The Balaban J connectivity index is 1.44. The Morgan fingerprint density at radius 1 is 0.975 bits per heavy atom. The number of nitrogens with zero attached hydrogens (tertiary/aromatic N) is 1. The molecule has 5 rings (SSSR count). The number of aliphatic hydroxyl groups is 1. The van der Waals surface area contributed by atoms with Crippen LogP contribution in [0.1, 0.15) is 62.1 Å². The van der Waals surface area contributed by atoms with Crippen LogP contribution in [0, 0.1) is 25.7 Å². The summed E-state index contributed by atoms with van der Waals surface area (Å²) in [5.41, 5.74) is 3.77. The number of hydrogen-bond donors (Lipinski definition) is 3. The van der Waals surface area contributed by atoms with E-state index in [1.54, 1.807) is 16.7 Å². The van der Waals surface area contributed by atoms with Gasteiger partial charge < -0.3 is 20.6 Å². The smallest absolute Gasteiger partial charge is 0.248 e. The van der Waals surface area contributed by atoms with Crippen molar-refractivity contribution in [1.82, 2.24) is 10.2 Å². The number of hydrogen-bond acceptors (Lipinski definition) is 5. The summed E-state index contributed by atoms with van der Waals surface area (Å²) in [6.07, 6.45) is 4.77. The number of fused-ring (bicyclic) bond motifs is 1. The van der Waals surface area contributed by atoms with Crippen molar-refractivity contribution in [2.24, 2.45) is 11.8 Å². The molecule has 2 aromatic rings. The summed E-state index contributed by atoms with van der Waals surface area (Å²) in [5, 5.41) is 15.5. The first-order valence-corrected chi connectivity index (χ1v) is 15.3. The Kier molecular flexibility index (Phi) is 8.30. The number of thioether (sulfide) groups is 1. The van der Waals surface area contributed by atoms with Crippen molar-refractivity contribution in [1.29, 1.82) is 0 Å². The predicted molar refractivity (Wildman–Crippen MR) is 159 cm³/mol. The Labute approximate surface area is 241 Å². The van der Waals surface area contributed by atoms with E-state index in [1.807, 2.05) is 62.4 Å². The molecule has 7 nitrogen and oxygen atoms in total. The third-order valence-electron chi connectivity index (χ3n) is 9.15. The molecule has 3 N–H and O–H groups in total. The average Bonchev–Trinajstić information content (AvgIpc) is 3.50. The van der Waals surface area contributed by atoms with Crippen LogP contribution in [-0.4, -0.2) is 56.4 Å². The molecule has 0 aromatic heterocycles. The molecule has 1 spiro atoms. The molecule has 3 amide bonds. The topological polar surface area (TPSA) is 98.7 Å². The molecule has 2 bridgehead atoms. The van der Waals surface area contributed by atoms with E-state index in [1.165, 1.54) is 0 Å². The third-order valence-corrected chi connectivity index (χ3v) is 11.1. The van der Waals surface area contributed by atoms with Crippen LogP contribution < -0.4 is 10.6 Å². The number of carbonyl (C=O) groups is 3. The zero-order chi connectivity index (χ0) is 28.5. The third kappa shape index (κ3) is 5.05. The van der Waals surface area contributed by atoms with Crippen molar-refractivity contribution in [3.05, 3.63) is 65.2 Å². The minimum atomic E-state index is -0.638. The number of rotatable bonds is 11. The van der Waals surface area contributed by atoms with E-state index in [4.69, 9.17) is 5.11 Å². The molecule has 3 saturated heterocycles. The molecule has 2 unspecified atom stereocenters. The van der Waals surface area contributed by atoms with Gasteiger partial charge in [-0.3, -0.25) is 14.4 Å². The summed E-state index contributed by atoms with van der Waals surface area (Å²) in [6.45, 7) is 7.10. The molecular weight excluding hydrogens is 522 g/mol. The maximum absolute atomic E-state index is 14.2. The number of carbonyl (C=O) groups excluding carboxylic acids is 3. The molecule has 8 heteroatoms. The fraction of sp³-hybridized carbons (Fsp3) is 0.531. The zero-order valence-corrected chi connectivity index (χ0v) is 24.6. The number of aryl methyl sites for hydroxylation is 2. The number of likely N-dealkylation sites (tertiary alicyclic amines) is 1. The van der Waals surface area contributed by atoms with Gasteiger partial charge in [0.25, 0.3) is 0 Å². The monoisotopic (exact) mass is 563 g/mol. The lowest BCUT2D eigenvalue weighted by Crippen LogP contribution is -2.52. The number of aliphatic hydroxyl groups excluding tert-OH is 1. The van der Waals surface area contributed by atoms with Crippen molar-refractivity contribution < 1.29 is 19.5 Å². The molecule has 0 radical (unpaired) electrons. The Morgan fingerprint density at radius 3 is 2.38 bits per heavy atom. The van der Waals surface area contributed by atoms with Gasteiger partial charge in [-0.25, -0.2) is 0 Å². The standard InChI is InChI=1S/C32H41N3O4S/c1-21-12-11-13-22(2)26(21)34-29(38)27-32-17-16-31(3,40-32)24(28(37)33-20-23-14-7-6-8-15-23)25(32)30(39)35(27)18-9-4-5-10-19-36/h6-8,11-15,24-25,27,36H,4-5,9-10,16-20H2,1-3H3,(H,33,37)(H,34,38)/t24-,25-,27?,31+,32?/m0/s1. The van der Waals surface area contributed by atoms with Crippen LogP contribution in [0.25, 0.3) is 0 Å². The summed E-state index contributed by atoms with van der Waals surface area (Å²) < 4.78 is -1.03. The minimum Gasteiger partial charge on any atom is -0.396 e. The minimum absolute atomic E-state index is 0.0698. The second kappa shape index (κ2) is 11.6. The van der Waals surface area contributed by atoms with Crippen molar-refractivity contribution in [3.8, 4) is 0 Å². The van der Waals surface area contributed by atoms with Gasteiger partial charge in [0.2, 0.25) is 17.7 Å². The quantitative estimate of drug-likeness (QED) is 0.348. The van der Waals surface area contributed by atoms with Crippen LogP contribution in [-0.2, 0) is 20.9 Å². The zero-order valence-electron chi connectivity index (χ0n) is 23.7. The van der Waals surface area contributed by atoms with Crippen LogP contribution in [0.4, 0.5) is 5.69 Å². The number of anilines is 1. The summed E-state index contributed by atoms with van der Waals surface area (Å²) >= 11 is 1.70. The van der Waals surface area contributed by atoms with Gasteiger partial charge in [-0.2, -0.15) is 0 Å². The van der Waals surface area contributed by atoms with E-state index < -0.39 is 27.4 Å².